The largest absolute Gasteiger partial charge is 0.384 e. The first-order chi connectivity index (χ1) is 9.63. The minimum absolute atomic E-state index is 0.139. The fourth-order valence-corrected chi connectivity index (χ4v) is 3.61. The standard InChI is InChI=1S/C16H19N3S/c1-11-8-12(16(17)18)2-3-13(11)9-19-6-4-15-14(10-19)5-7-20-15/h2-3,5,7-8H,4,6,9-10H2,1H3,(H3,17,18). The van der Waals surface area contributed by atoms with Gasteiger partial charge in [0.15, 0.2) is 0 Å². The average molecular weight is 285 g/mol. The zero-order chi connectivity index (χ0) is 14.1. The van der Waals surface area contributed by atoms with E-state index in [0.717, 1.165) is 31.6 Å². The summed E-state index contributed by atoms with van der Waals surface area (Å²) in [7, 11) is 0. The molecule has 2 heterocycles. The summed E-state index contributed by atoms with van der Waals surface area (Å²) in [6.45, 7) is 5.25. The van der Waals surface area contributed by atoms with E-state index < -0.39 is 0 Å². The Bertz CT molecular complexity index is 645. The Morgan fingerprint density at radius 1 is 1.40 bits per heavy atom. The summed E-state index contributed by atoms with van der Waals surface area (Å²) in [5.41, 5.74) is 10.4. The number of nitrogens with two attached hydrogens (primary N) is 1. The average Bonchev–Trinajstić information content (AvgIpc) is 2.88. The zero-order valence-electron chi connectivity index (χ0n) is 11.6. The van der Waals surface area contributed by atoms with Gasteiger partial charge in [-0.25, -0.2) is 0 Å². The van der Waals surface area contributed by atoms with Gasteiger partial charge in [-0.1, -0.05) is 12.1 Å². The van der Waals surface area contributed by atoms with E-state index in [0.29, 0.717) is 0 Å². The van der Waals surface area contributed by atoms with Crippen LogP contribution >= 0.6 is 11.3 Å². The third-order valence-electron chi connectivity index (χ3n) is 3.93. The van der Waals surface area contributed by atoms with Gasteiger partial charge < -0.3 is 5.73 Å². The Kier molecular flexibility index (Phi) is 3.59. The van der Waals surface area contributed by atoms with E-state index in [2.05, 4.69) is 29.3 Å². The van der Waals surface area contributed by atoms with Gasteiger partial charge in [0.25, 0.3) is 0 Å². The van der Waals surface area contributed by atoms with Crippen LogP contribution in [0.2, 0.25) is 0 Å². The topological polar surface area (TPSA) is 53.1 Å². The maximum atomic E-state index is 7.49. The first-order valence-corrected chi connectivity index (χ1v) is 7.73. The fraction of sp³-hybridized carbons (Fsp3) is 0.312. The summed E-state index contributed by atoms with van der Waals surface area (Å²) in [4.78, 5) is 4.04. The molecule has 4 heteroatoms. The van der Waals surface area contributed by atoms with Crippen LogP contribution in [0.5, 0.6) is 0 Å². The number of hydrogen-bond acceptors (Lipinski definition) is 3. The fourth-order valence-electron chi connectivity index (χ4n) is 2.72. The summed E-state index contributed by atoms with van der Waals surface area (Å²) in [5.74, 6) is 0.139. The van der Waals surface area contributed by atoms with Crippen LogP contribution < -0.4 is 5.73 Å². The molecule has 0 bridgehead atoms. The Hall–Kier alpha value is -1.65. The number of rotatable bonds is 3. The number of thiophene rings is 1. The molecule has 0 atom stereocenters. The molecule has 2 aromatic rings. The molecule has 3 N–H and O–H groups in total. The second kappa shape index (κ2) is 5.38. The van der Waals surface area contributed by atoms with Crippen molar-refractivity contribution in [2.24, 2.45) is 5.73 Å². The van der Waals surface area contributed by atoms with Gasteiger partial charge in [0.05, 0.1) is 0 Å². The van der Waals surface area contributed by atoms with Gasteiger partial charge in [0, 0.05) is 30.1 Å². The highest BCUT2D eigenvalue weighted by Crippen LogP contribution is 2.25. The summed E-state index contributed by atoms with van der Waals surface area (Å²) in [6, 6.07) is 8.31. The van der Waals surface area contributed by atoms with Crippen molar-refractivity contribution in [3.05, 3.63) is 56.8 Å². The molecular formula is C16H19N3S. The van der Waals surface area contributed by atoms with Gasteiger partial charge in [-0.2, -0.15) is 0 Å². The molecule has 0 saturated heterocycles. The summed E-state index contributed by atoms with van der Waals surface area (Å²) in [6.07, 6.45) is 1.16. The van der Waals surface area contributed by atoms with Gasteiger partial charge >= 0.3 is 0 Å². The Labute approximate surface area is 123 Å². The Morgan fingerprint density at radius 3 is 3.00 bits per heavy atom. The predicted octanol–water partition coefficient (Wildman–Crippen LogP) is 2.90. The maximum Gasteiger partial charge on any atom is 0.122 e. The highest BCUT2D eigenvalue weighted by molar-refractivity contribution is 7.10. The quantitative estimate of drug-likeness (QED) is 0.673. The minimum Gasteiger partial charge on any atom is -0.384 e. The van der Waals surface area contributed by atoms with Crippen LogP contribution in [-0.4, -0.2) is 17.3 Å². The molecule has 0 fully saturated rings. The highest BCUT2D eigenvalue weighted by Gasteiger charge is 2.17. The molecule has 0 spiro atoms. The van der Waals surface area contributed by atoms with Gasteiger partial charge in [0.1, 0.15) is 5.84 Å². The maximum absolute atomic E-state index is 7.49. The van der Waals surface area contributed by atoms with Crippen molar-refractivity contribution in [2.45, 2.75) is 26.4 Å². The van der Waals surface area contributed by atoms with E-state index in [9.17, 15) is 0 Å². The molecule has 0 unspecified atom stereocenters. The molecule has 3 nitrogen and oxygen atoms in total. The second-order valence-electron chi connectivity index (χ2n) is 5.38. The summed E-state index contributed by atoms with van der Waals surface area (Å²) >= 11 is 1.88. The van der Waals surface area contributed by atoms with E-state index in [4.69, 9.17) is 11.1 Å². The number of nitrogens with one attached hydrogen (secondary N) is 1. The predicted molar refractivity (Wildman–Crippen MR) is 84.3 cm³/mol. The number of nitrogens with zero attached hydrogens (tertiary/aromatic N) is 1. The smallest absolute Gasteiger partial charge is 0.122 e. The van der Waals surface area contributed by atoms with Crippen LogP contribution in [0.15, 0.2) is 29.6 Å². The number of benzene rings is 1. The van der Waals surface area contributed by atoms with Crippen LogP contribution in [0.3, 0.4) is 0 Å². The van der Waals surface area contributed by atoms with Crippen molar-refractivity contribution in [1.82, 2.24) is 4.90 Å². The second-order valence-corrected chi connectivity index (χ2v) is 6.39. The SMILES string of the molecule is Cc1cc(C(=N)N)ccc1CN1CCc2sccc2C1. The first-order valence-electron chi connectivity index (χ1n) is 6.85. The molecule has 104 valence electrons. The van der Waals surface area contributed by atoms with Crippen molar-refractivity contribution in [3.8, 4) is 0 Å². The first kappa shape index (κ1) is 13.3. The molecule has 1 aliphatic heterocycles. The van der Waals surface area contributed by atoms with Crippen LogP contribution in [0.4, 0.5) is 0 Å². The van der Waals surface area contributed by atoms with Gasteiger partial charge in [-0.3, -0.25) is 10.3 Å². The van der Waals surface area contributed by atoms with Crippen molar-refractivity contribution in [2.75, 3.05) is 6.54 Å². The molecule has 0 aliphatic carbocycles. The zero-order valence-corrected chi connectivity index (χ0v) is 12.5. The molecule has 20 heavy (non-hydrogen) atoms. The number of amidine groups is 1. The monoisotopic (exact) mass is 285 g/mol. The third kappa shape index (κ3) is 2.62. The van der Waals surface area contributed by atoms with Crippen molar-refractivity contribution in [3.63, 3.8) is 0 Å². The summed E-state index contributed by atoms with van der Waals surface area (Å²) < 4.78 is 0. The number of aryl methyl sites for hydroxylation is 1. The van der Waals surface area contributed by atoms with Gasteiger partial charge in [-0.05, 0) is 47.5 Å². The molecule has 1 aromatic carbocycles. The molecular weight excluding hydrogens is 266 g/mol. The van der Waals surface area contributed by atoms with E-state index >= 15 is 0 Å². The van der Waals surface area contributed by atoms with E-state index in [1.54, 1.807) is 4.88 Å². The van der Waals surface area contributed by atoms with E-state index in [1.807, 2.05) is 23.5 Å². The lowest BCUT2D eigenvalue weighted by Gasteiger charge is -2.27. The van der Waals surface area contributed by atoms with E-state index in [-0.39, 0.29) is 5.84 Å². The van der Waals surface area contributed by atoms with Crippen molar-refractivity contribution >= 4 is 17.2 Å². The lowest BCUT2D eigenvalue weighted by Crippen LogP contribution is -2.29. The lowest BCUT2D eigenvalue weighted by molar-refractivity contribution is 0.247. The molecule has 1 aliphatic rings. The minimum atomic E-state index is 0.139. The Morgan fingerprint density at radius 2 is 2.25 bits per heavy atom. The van der Waals surface area contributed by atoms with Crippen molar-refractivity contribution < 1.29 is 0 Å². The molecule has 0 radical (unpaired) electrons. The number of nitrogen functional groups attached to an aromatic ring is 1. The number of fused-ring (bicyclic) bond motifs is 1. The van der Waals surface area contributed by atoms with Crippen LogP contribution in [0.25, 0.3) is 0 Å². The van der Waals surface area contributed by atoms with E-state index in [1.165, 1.54) is 16.7 Å². The van der Waals surface area contributed by atoms with Gasteiger partial charge in [0.2, 0.25) is 0 Å². The molecule has 0 amide bonds. The lowest BCUT2D eigenvalue weighted by atomic mass is 10.0. The Balaban J connectivity index is 1.74. The van der Waals surface area contributed by atoms with Crippen LogP contribution in [0, 0.1) is 12.3 Å². The molecule has 3 rings (SSSR count). The third-order valence-corrected chi connectivity index (χ3v) is 4.96. The summed E-state index contributed by atoms with van der Waals surface area (Å²) in [5, 5.41) is 9.68. The van der Waals surface area contributed by atoms with Crippen LogP contribution in [-0.2, 0) is 19.5 Å². The number of hydrogen-bond donors (Lipinski definition) is 2. The normalized spacial score (nSPS) is 15.1. The van der Waals surface area contributed by atoms with Crippen LogP contribution in [0.1, 0.15) is 27.1 Å². The molecule has 1 aromatic heterocycles. The van der Waals surface area contributed by atoms with Gasteiger partial charge in [-0.15, -0.1) is 11.3 Å². The molecule has 0 saturated carbocycles. The highest BCUT2D eigenvalue weighted by atomic mass is 32.1. The van der Waals surface area contributed by atoms with Crippen molar-refractivity contribution in [1.29, 1.82) is 5.41 Å².